The highest BCUT2D eigenvalue weighted by molar-refractivity contribution is 9.10. The van der Waals surface area contributed by atoms with Crippen LogP contribution in [0.15, 0.2) is 22.7 Å². The summed E-state index contributed by atoms with van der Waals surface area (Å²) in [5.74, 6) is 0.622. The van der Waals surface area contributed by atoms with Crippen LogP contribution in [0.2, 0.25) is 0 Å². The van der Waals surface area contributed by atoms with Crippen molar-refractivity contribution in [2.24, 2.45) is 5.92 Å². The van der Waals surface area contributed by atoms with Crippen molar-refractivity contribution in [1.29, 1.82) is 0 Å². The molecule has 1 aromatic carbocycles. The van der Waals surface area contributed by atoms with Gasteiger partial charge >= 0.3 is 0 Å². The molecular weight excluding hydrogens is 310 g/mol. The number of hydrogen-bond donors (Lipinski definition) is 1. The summed E-state index contributed by atoms with van der Waals surface area (Å²) < 4.78 is 0.737. The van der Waals surface area contributed by atoms with Gasteiger partial charge in [-0.2, -0.15) is 0 Å². The number of hydrogen-bond acceptors (Lipinski definition) is 4. The fraction of sp³-hybridized carbons (Fsp3) is 0.538. The van der Waals surface area contributed by atoms with E-state index in [1.165, 1.54) is 13.0 Å². The molecule has 6 heteroatoms. The predicted molar refractivity (Wildman–Crippen MR) is 77.4 cm³/mol. The van der Waals surface area contributed by atoms with E-state index >= 15 is 0 Å². The molecule has 2 bridgehead atoms. The van der Waals surface area contributed by atoms with E-state index in [4.69, 9.17) is 0 Å². The first-order valence-electron chi connectivity index (χ1n) is 6.56. The van der Waals surface area contributed by atoms with Crippen LogP contribution in [0, 0.1) is 16.0 Å². The van der Waals surface area contributed by atoms with Gasteiger partial charge in [0.15, 0.2) is 0 Å². The number of piperidine rings is 1. The first-order chi connectivity index (χ1) is 9.13. The molecule has 2 heterocycles. The Morgan fingerprint density at radius 3 is 2.95 bits per heavy atom. The van der Waals surface area contributed by atoms with E-state index in [1.807, 2.05) is 6.07 Å². The van der Waals surface area contributed by atoms with Crippen LogP contribution < -0.4 is 5.32 Å². The van der Waals surface area contributed by atoms with Crippen molar-refractivity contribution < 1.29 is 4.92 Å². The van der Waals surface area contributed by atoms with Crippen molar-refractivity contribution in [2.45, 2.75) is 18.9 Å². The van der Waals surface area contributed by atoms with Gasteiger partial charge in [0, 0.05) is 29.7 Å². The Hall–Kier alpha value is -1.14. The SMILES string of the molecule is O=[N+]([O-])c1cc(Br)ccc1NC1CCN2CCC1C2. The molecule has 0 spiro atoms. The van der Waals surface area contributed by atoms with Crippen LogP contribution in [-0.2, 0) is 0 Å². The van der Waals surface area contributed by atoms with Crippen molar-refractivity contribution in [1.82, 2.24) is 4.90 Å². The Kier molecular flexibility index (Phi) is 3.45. The summed E-state index contributed by atoms with van der Waals surface area (Å²) in [6, 6.07) is 5.56. The van der Waals surface area contributed by atoms with Gasteiger partial charge < -0.3 is 10.2 Å². The molecule has 102 valence electrons. The van der Waals surface area contributed by atoms with E-state index in [0.29, 0.717) is 17.6 Å². The van der Waals surface area contributed by atoms with E-state index in [2.05, 4.69) is 26.1 Å². The summed E-state index contributed by atoms with van der Waals surface area (Å²) in [4.78, 5) is 13.3. The third-order valence-electron chi connectivity index (χ3n) is 4.13. The second-order valence-corrected chi connectivity index (χ2v) is 6.22. The molecule has 0 radical (unpaired) electrons. The van der Waals surface area contributed by atoms with Crippen molar-refractivity contribution in [3.05, 3.63) is 32.8 Å². The van der Waals surface area contributed by atoms with E-state index in [9.17, 15) is 10.1 Å². The number of nitro benzene ring substituents is 1. The van der Waals surface area contributed by atoms with Gasteiger partial charge in [0.2, 0.25) is 0 Å². The molecular formula is C13H16BrN3O2. The fourth-order valence-corrected chi connectivity index (χ4v) is 3.47. The van der Waals surface area contributed by atoms with E-state index in [-0.39, 0.29) is 10.6 Å². The predicted octanol–water partition coefficient (Wildman–Crippen LogP) is 2.86. The zero-order chi connectivity index (χ0) is 13.4. The number of nitrogens with one attached hydrogen (secondary N) is 1. The lowest BCUT2D eigenvalue weighted by molar-refractivity contribution is -0.384. The number of rotatable bonds is 3. The highest BCUT2D eigenvalue weighted by Crippen LogP contribution is 2.33. The van der Waals surface area contributed by atoms with Gasteiger partial charge in [-0.05, 0) is 37.4 Å². The van der Waals surface area contributed by atoms with Gasteiger partial charge in [0.1, 0.15) is 5.69 Å². The summed E-state index contributed by atoms with van der Waals surface area (Å²) >= 11 is 3.28. The minimum absolute atomic E-state index is 0.148. The Morgan fingerprint density at radius 1 is 1.37 bits per heavy atom. The van der Waals surface area contributed by atoms with Gasteiger partial charge in [-0.1, -0.05) is 15.9 Å². The molecule has 2 aliphatic rings. The van der Waals surface area contributed by atoms with Crippen molar-refractivity contribution in [3.8, 4) is 0 Å². The largest absolute Gasteiger partial charge is 0.376 e. The highest BCUT2D eigenvalue weighted by Gasteiger charge is 2.34. The van der Waals surface area contributed by atoms with Crippen molar-refractivity contribution >= 4 is 27.3 Å². The minimum Gasteiger partial charge on any atom is -0.376 e. The van der Waals surface area contributed by atoms with Crippen molar-refractivity contribution in [2.75, 3.05) is 25.0 Å². The monoisotopic (exact) mass is 325 g/mol. The summed E-state index contributed by atoms with van der Waals surface area (Å²) in [6.07, 6.45) is 2.26. The summed E-state index contributed by atoms with van der Waals surface area (Å²) in [6.45, 7) is 3.39. The van der Waals surface area contributed by atoms with Crippen LogP contribution in [-0.4, -0.2) is 35.5 Å². The normalized spacial score (nSPS) is 29.2. The molecule has 2 fully saturated rings. The first kappa shape index (κ1) is 12.9. The third kappa shape index (κ3) is 2.60. The molecule has 1 N–H and O–H groups in total. The molecule has 3 atom stereocenters. The smallest absolute Gasteiger partial charge is 0.293 e. The number of fused-ring (bicyclic) bond motifs is 2. The lowest BCUT2D eigenvalue weighted by Gasteiger charge is -2.31. The standard InChI is InChI=1S/C13H16BrN3O2/c14-10-1-2-12(13(7-10)17(18)19)15-11-4-6-16-5-3-9(11)8-16/h1-2,7,9,11,15H,3-6,8H2. The van der Waals surface area contributed by atoms with Gasteiger partial charge in [-0.3, -0.25) is 10.1 Å². The Bertz CT molecular complexity index is 509. The van der Waals surface area contributed by atoms with E-state index in [0.717, 1.165) is 24.0 Å². The minimum atomic E-state index is -0.323. The maximum absolute atomic E-state index is 11.1. The molecule has 0 aliphatic carbocycles. The van der Waals surface area contributed by atoms with E-state index < -0.39 is 0 Å². The van der Waals surface area contributed by atoms with Crippen LogP contribution >= 0.6 is 15.9 Å². The van der Waals surface area contributed by atoms with Crippen LogP contribution in [0.25, 0.3) is 0 Å². The number of nitrogens with zero attached hydrogens (tertiary/aromatic N) is 2. The number of anilines is 1. The lowest BCUT2D eigenvalue weighted by Crippen LogP contribution is -2.39. The maximum Gasteiger partial charge on any atom is 0.293 e. The van der Waals surface area contributed by atoms with Gasteiger partial charge in [-0.15, -0.1) is 0 Å². The topological polar surface area (TPSA) is 58.4 Å². The van der Waals surface area contributed by atoms with Crippen LogP contribution in [0.3, 0.4) is 0 Å². The molecule has 2 saturated heterocycles. The number of halogens is 1. The Labute approximate surface area is 120 Å². The summed E-state index contributed by atoms with van der Waals surface area (Å²) in [5, 5.41) is 14.5. The fourth-order valence-electron chi connectivity index (χ4n) is 3.12. The highest BCUT2D eigenvalue weighted by atomic mass is 79.9. The second-order valence-electron chi connectivity index (χ2n) is 5.31. The van der Waals surface area contributed by atoms with E-state index in [1.54, 1.807) is 12.1 Å². The molecule has 1 aromatic rings. The van der Waals surface area contributed by atoms with Crippen LogP contribution in [0.1, 0.15) is 12.8 Å². The zero-order valence-corrected chi connectivity index (χ0v) is 12.1. The molecule has 0 aromatic heterocycles. The quantitative estimate of drug-likeness (QED) is 0.685. The molecule has 5 nitrogen and oxygen atoms in total. The molecule has 19 heavy (non-hydrogen) atoms. The summed E-state index contributed by atoms with van der Waals surface area (Å²) in [5.41, 5.74) is 0.786. The number of benzene rings is 1. The third-order valence-corrected chi connectivity index (χ3v) is 4.62. The van der Waals surface area contributed by atoms with Gasteiger partial charge in [-0.25, -0.2) is 0 Å². The Morgan fingerprint density at radius 2 is 2.16 bits per heavy atom. The van der Waals surface area contributed by atoms with Gasteiger partial charge in [0.25, 0.3) is 5.69 Å². The second kappa shape index (κ2) is 5.09. The van der Waals surface area contributed by atoms with Crippen molar-refractivity contribution in [3.63, 3.8) is 0 Å². The lowest BCUT2D eigenvalue weighted by atomic mass is 9.94. The Balaban J connectivity index is 1.81. The molecule has 2 aliphatic heterocycles. The maximum atomic E-state index is 11.1. The molecule has 0 amide bonds. The average molecular weight is 326 g/mol. The average Bonchev–Trinajstić information content (AvgIpc) is 2.77. The molecule has 0 saturated carbocycles. The molecule has 3 unspecified atom stereocenters. The van der Waals surface area contributed by atoms with Gasteiger partial charge in [0.05, 0.1) is 4.92 Å². The summed E-state index contributed by atoms with van der Waals surface area (Å²) in [7, 11) is 0. The van der Waals surface area contributed by atoms with Crippen LogP contribution in [0.5, 0.6) is 0 Å². The number of nitro groups is 1. The van der Waals surface area contributed by atoms with Crippen LogP contribution in [0.4, 0.5) is 11.4 Å². The first-order valence-corrected chi connectivity index (χ1v) is 7.35. The molecule has 3 rings (SSSR count). The zero-order valence-electron chi connectivity index (χ0n) is 10.5.